The Morgan fingerprint density at radius 3 is 1.68 bits per heavy atom. The molecular formula is C27H36N2O5. The van der Waals surface area contributed by atoms with Crippen molar-refractivity contribution in [2.75, 3.05) is 0 Å². The first kappa shape index (κ1) is 26.9. The molecule has 0 saturated heterocycles. The van der Waals surface area contributed by atoms with Gasteiger partial charge >= 0.3 is 12.1 Å². The Hall–Kier alpha value is -3.35. The lowest BCUT2D eigenvalue weighted by molar-refractivity contribution is -0.151. The SMILES string of the molecule is CC[C@H](C)[C@H](NC(=O)[C@H](NC(=O)OCc1ccccc1)[C@@H](C)CC)C(=O)OCc1ccccc1. The Bertz CT molecular complexity index is 904. The lowest BCUT2D eigenvalue weighted by Gasteiger charge is -2.28. The minimum absolute atomic E-state index is 0.100. The second-order valence-corrected chi connectivity index (χ2v) is 8.53. The Labute approximate surface area is 202 Å². The molecule has 0 aliphatic carbocycles. The molecule has 2 aromatic carbocycles. The molecular weight excluding hydrogens is 432 g/mol. The van der Waals surface area contributed by atoms with Crippen molar-refractivity contribution in [3.05, 3.63) is 71.8 Å². The second kappa shape index (κ2) is 14.0. The molecule has 0 spiro atoms. The Balaban J connectivity index is 2.02. The average Bonchev–Trinajstić information content (AvgIpc) is 2.87. The first-order chi connectivity index (χ1) is 16.3. The predicted molar refractivity (Wildman–Crippen MR) is 131 cm³/mol. The minimum atomic E-state index is -0.846. The summed E-state index contributed by atoms with van der Waals surface area (Å²) in [5, 5.41) is 5.49. The lowest BCUT2D eigenvalue weighted by Crippen LogP contribution is -2.55. The van der Waals surface area contributed by atoms with Crippen LogP contribution in [0.25, 0.3) is 0 Å². The molecule has 184 valence electrons. The van der Waals surface area contributed by atoms with E-state index in [4.69, 9.17) is 9.47 Å². The summed E-state index contributed by atoms with van der Waals surface area (Å²) in [6.45, 7) is 7.86. The zero-order chi connectivity index (χ0) is 24.9. The molecule has 4 atom stereocenters. The van der Waals surface area contributed by atoms with Crippen LogP contribution in [0.15, 0.2) is 60.7 Å². The summed E-state index contributed by atoms with van der Waals surface area (Å²) in [5.74, 6) is -1.24. The van der Waals surface area contributed by atoms with Crippen molar-refractivity contribution in [1.82, 2.24) is 10.6 Å². The third-order valence-electron chi connectivity index (χ3n) is 5.97. The molecule has 0 heterocycles. The summed E-state index contributed by atoms with van der Waals surface area (Å²) in [4.78, 5) is 38.4. The van der Waals surface area contributed by atoms with E-state index in [2.05, 4.69) is 10.6 Å². The molecule has 2 N–H and O–H groups in total. The van der Waals surface area contributed by atoms with E-state index < -0.39 is 30.1 Å². The number of carbonyl (C=O) groups is 3. The maximum Gasteiger partial charge on any atom is 0.408 e. The van der Waals surface area contributed by atoms with Gasteiger partial charge in [-0.15, -0.1) is 0 Å². The standard InChI is InChI=1S/C27H36N2O5/c1-5-19(3)23(29-27(32)34-18-22-15-11-8-12-16-22)25(30)28-24(20(4)6-2)26(31)33-17-21-13-9-7-10-14-21/h7-16,19-20,23-24H,5-6,17-18H2,1-4H3,(H,28,30)(H,29,32)/t19-,20-,23+,24-/m0/s1. The highest BCUT2D eigenvalue weighted by molar-refractivity contribution is 5.90. The fraction of sp³-hybridized carbons (Fsp3) is 0.444. The van der Waals surface area contributed by atoms with Gasteiger partial charge in [0.15, 0.2) is 0 Å². The van der Waals surface area contributed by atoms with Crippen LogP contribution in [-0.2, 0) is 32.3 Å². The fourth-order valence-electron chi connectivity index (χ4n) is 3.32. The molecule has 7 nitrogen and oxygen atoms in total. The van der Waals surface area contributed by atoms with Crippen molar-refractivity contribution in [2.45, 2.75) is 65.8 Å². The summed E-state index contributed by atoms with van der Waals surface area (Å²) in [7, 11) is 0. The van der Waals surface area contributed by atoms with Crippen LogP contribution in [0.2, 0.25) is 0 Å². The number of alkyl carbamates (subject to hydrolysis) is 1. The van der Waals surface area contributed by atoms with Crippen LogP contribution in [0.4, 0.5) is 4.79 Å². The van der Waals surface area contributed by atoms with Gasteiger partial charge in [-0.25, -0.2) is 9.59 Å². The van der Waals surface area contributed by atoms with Gasteiger partial charge in [0, 0.05) is 0 Å². The van der Waals surface area contributed by atoms with Crippen molar-refractivity contribution in [3.63, 3.8) is 0 Å². The van der Waals surface area contributed by atoms with Crippen LogP contribution >= 0.6 is 0 Å². The highest BCUT2D eigenvalue weighted by Gasteiger charge is 2.33. The maximum atomic E-state index is 13.2. The van der Waals surface area contributed by atoms with E-state index in [1.807, 2.05) is 88.4 Å². The van der Waals surface area contributed by atoms with Crippen molar-refractivity contribution in [1.29, 1.82) is 0 Å². The van der Waals surface area contributed by atoms with Gasteiger partial charge in [-0.3, -0.25) is 4.79 Å². The molecule has 0 fully saturated rings. The number of nitrogens with one attached hydrogen (secondary N) is 2. The number of rotatable bonds is 12. The number of esters is 1. The van der Waals surface area contributed by atoms with Crippen LogP contribution in [0.1, 0.15) is 51.7 Å². The van der Waals surface area contributed by atoms with Gasteiger partial charge < -0.3 is 20.1 Å². The molecule has 0 aliphatic rings. The molecule has 0 aromatic heterocycles. The number of hydrogen-bond acceptors (Lipinski definition) is 5. The lowest BCUT2D eigenvalue weighted by atomic mass is 9.95. The summed E-state index contributed by atoms with van der Waals surface area (Å²) in [5.41, 5.74) is 1.71. The zero-order valence-electron chi connectivity index (χ0n) is 20.5. The number of amides is 2. The van der Waals surface area contributed by atoms with Crippen molar-refractivity contribution < 1.29 is 23.9 Å². The third kappa shape index (κ3) is 8.54. The molecule has 0 bridgehead atoms. The Kier molecular flexibility index (Phi) is 11.1. The van der Waals surface area contributed by atoms with E-state index in [-0.39, 0.29) is 25.0 Å². The number of ether oxygens (including phenoxy) is 2. The fourth-order valence-corrected chi connectivity index (χ4v) is 3.32. The van der Waals surface area contributed by atoms with Gasteiger partial charge in [0.1, 0.15) is 25.3 Å². The van der Waals surface area contributed by atoms with Gasteiger partial charge in [0.05, 0.1) is 0 Å². The first-order valence-electron chi connectivity index (χ1n) is 11.8. The van der Waals surface area contributed by atoms with Gasteiger partial charge in [0.25, 0.3) is 0 Å². The monoisotopic (exact) mass is 468 g/mol. The molecule has 7 heteroatoms. The molecule has 34 heavy (non-hydrogen) atoms. The molecule has 2 rings (SSSR count). The average molecular weight is 469 g/mol. The third-order valence-corrected chi connectivity index (χ3v) is 5.97. The van der Waals surface area contributed by atoms with E-state index in [1.54, 1.807) is 0 Å². The van der Waals surface area contributed by atoms with E-state index in [0.29, 0.717) is 12.8 Å². The minimum Gasteiger partial charge on any atom is -0.459 e. The second-order valence-electron chi connectivity index (χ2n) is 8.53. The molecule has 0 saturated carbocycles. The predicted octanol–water partition coefficient (Wildman–Crippen LogP) is 4.60. The normalized spacial score (nSPS) is 14.2. The molecule has 0 unspecified atom stereocenters. The van der Waals surface area contributed by atoms with Crippen LogP contribution < -0.4 is 10.6 Å². The topological polar surface area (TPSA) is 93.7 Å². The highest BCUT2D eigenvalue weighted by Crippen LogP contribution is 2.14. The van der Waals surface area contributed by atoms with Crippen LogP contribution in [0.5, 0.6) is 0 Å². The largest absolute Gasteiger partial charge is 0.459 e. The Morgan fingerprint density at radius 1 is 0.706 bits per heavy atom. The zero-order valence-corrected chi connectivity index (χ0v) is 20.5. The van der Waals surface area contributed by atoms with Gasteiger partial charge in [-0.2, -0.15) is 0 Å². The summed E-state index contributed by atoms with van der Waals surface area (Å²) >= 11 is 0. The van der Waals surface area contributed by atoms with Crippen molar-refractivity contribution in [3.8, 4) is 0 Å². The molecule has 2 amide bonds. The Morgan fingerprint density at radius 2 is 1.18 bits per heavy atom. The number of hydrogen-bond donors (Lipinski definition) is 2. The molecule has 2 aromatic rings. The van der Waals surface area contributed by atoms with Crippen LogP contribution in [0, 0.1) is 11.8 Å². The van der Waals surface area contributed by atoms with E-state index in [1.165, 1.54) is 0 Å². The summed E-state index contributed by atoms with van der Waals surface area (Å²) in [6, 6.07) is 17.0. The van der Waals surface area contributed by atoms with Crippen molar-refractivity contribution in [2.24, 2.45) is 11.8 Å². The quantitative estimate of drug-likeness (QED) is 0.444. The van der Waals surface area contributed by atoms with Gasteiger partial charge in [0.2, 0.25) is 5.91 Å². The van der Waals surface area contributed by atoms with Gasteiger partial charge in [-0.05, 0) is 23.0 Å². The summed E-state index contributed by atoms with van der Waals surface area (Å²) < 4.78 is 10.8. The van der Waals surface area contributed by atoms with E-state index in [9.17, 15) is 14.4 Å². The van der Waals surface area contributed by atoms with Gasteiger partial charge in [-0.1, -0.05) is 101 Å². The molecule has 0 radical (unpaired) electrons. The van der Waals surface area contributed by atoms with E-state index >= 15 is 0 Å². The number of carbonyl (C=O) groups excluding carboxylic acids is 3. The van der Waals surface area contributed by atoms with Crippen molar-refractivity contribution >= 4 is 18.0 Å². The highest BCUT2D eigenvalue weighted by atomic mass is 16.5. The maximum absolute atomic E-state index is 13.2. The van der Waals surface area contributed by atoms with E-state index in [0.717, 1.165) is 11.1 Å². The molecule has 0 aliphatic heterocycles. The van der Waals surface area contributed by atoms with Crippen LogP contribution in [0.3, 0.4) is 0 Å². The first-order valence-corrected chi connectivity index (χ1v) is 11.8. The number of benzene rings is 2. The summed E-state index contributed by atoms with van der Waals surface area (Å²) in [6.07, 6.45) is 0.645. The smallest absolute Gasteiger partial charge is 0.408 e. The van der Waals surface area contributed by atoms with Crippen LogP contribution in [-0.4, -0.2) is 30.1 Å².